The number of carbonyl (C=O) groups is 1. The van der Waals surface area contributed by atoms with E-state index in [1.807, 2.05) is 0 Å². The van der Waals surface area contributed by atoms with Gasteiger partial charge in [-0.05, 0) is 42.7 Å². The number of nitrogens with zero attached hydrogens (tertiary/aromatic N) is 2. The first kappa shape index (κ1) is 23.0. The number of ether oxygens (including phenoxy) is 1. The van der Waals surface area contributed by atoms with Crippen molar-refractivity contribution in [3.8, 4) is 5.75 Å². The van der Waals surface area contributed by atoms with E-state index in [4.69, 9.17) is 20.8 Å². The smallest absolute Gasteiger partial charge is 0.434 e. The number of aryl methyl sites for hydroxylation is 1. The SMILES string of the molecule is COc1cc(Cl)cc2c1S(=O)(=O)N([C@@H](c1n[nH]c(=O)o1)[C@@H](C)c1c(F)ccc(C)c1C)C2=O. The van der Waals surface area contributed by atoms with Gasteiger partial charge in [0.05, 0.1) is 12.7 Å². The third kappa shape index (κ3) is 3.51. The van der Waals surface area contributed by atoms with Gasteiger partial charge >= 0.3 is 5.76 Å². The van der Waals surface area contributed by atoms with Crippen LogP contribution in [0.4, 0.5) is 4.39 Å². The fourth-order valence-electron chi connectivity index (χ4n) is 4.15. The highest BCUT2D eigenvalue weighted by Crippen LogP contribution is 2.47. The number of methoxy groups -OCH3 is 1. The van der Waals surface area contributed by atoms with E-state index >= 15 is 0 Å². The summed E-state index contributed by atoms with van der Waals surface area (Å²) in [5, 5.41) is 5.93. The molecule has 4 rings (SSSR count). The predicted octanol–water partition coefficient (Wildman–Crippen LogP) is 3.47. The van der Waals surface area contributed by atoms with Crippen LogP contribution in [-0.2, 0) is 10.0 Å². The Labute approximate surface area is 193 Å². The van der Waals surface area contributed by atoms with Crippen molar-refractivity contribution in [3.05, 3.63) is 73.8 Å². The number of aromatic nitrogens is 2. The summed E-state index contributed by atoms with van der Waals surface area (Å²) in [6, 6.07) is 3.84. The molecule has 1 aliphatic rings. The minimum atomic E-state index is -4.52. The molecule has 9 nitrogen and oxygen atoms in total. The number of halogens is 2. The highest BCUT2D eigenvalue weighted by atomic mass is 35.5. The molecule has 0 bridgehead atoms. The summed E-state index contributed by atoms with van der Waals surface area (Å²) in [6.45, 7) is 4.98. The van der Waals surface area contributed by atoms with E-state index in [9.17, 15) is 22.4 Å². The molecule has 12 heteroatoms. The summed E-state index contributed by atoms with van der Waals surface area (Å²) in [7, 11) is -3.28. The van der Waals surface area contributed by atoms with Crippen LogP contribution in [-0.4, -0.2) is 35.9 Å². The molecule has 2 heterocycles. The maximum absolute atomic E-state index is 15.0. The second kappa shape index (κ2) is 7.99. The van der Waals surface area contributed by atoms with Crippen LogP contribution < -0.4 is 10.5 Å². The number of amides is 1. The summed E-state index contributed by atoms with van der Waals surface area (Å²) in [5.41, 5.74) is 1.27. The van der Waals surface area contributed by atoms with Crippen LogP contribution in [0.25, 0.3) is 0 Å². The molecular formula is C21H19ClFN3O6S. The predicted molar refractivity (Wildman–Crippen MR) is 116 cm³/mol. The lowest BCUT2D eigenvalue weighted by Gasteiger charge is -2.30. The zero-order valence-electron chi connectivity index (χ0n) is 18.0. The van der Waals surface area contributed by atoms with Crippen molar-refractivity contribution in [2.45, 2.75) is 37.6 Å². The van der Waals surface area contributed by atoms with Crippen molar-refractivity contribution >= 4 is 27.5 Å². The summed E-state index contributed by atoms with van der Waals surface area (Å²) in [6.07, 6.45) is 0. The number of hydrogen-bond acceptors (Lipinski definition) is 7. The highest BCUT2D eigenvalue weighted by molar-refractivity contribution is 7.90. The quantitative estimate of drug-likeness (QED) is 0.575. The fraction of sp³-hybridized carbons (Fsp3) is 0.286. The Hall–Kier alpha value is -3.18. The molecule has 2 atom stereocenters. The van der Waals surface area contributed by atoms with Crippen molar-refractivity contribution in [2.75, 3.05) is 7.11 Å². The lowest BCUT2D eigenvalue weighted by Crippen LogP contribution is -2.37. The number of rotatable bonds is 5. The maximum Gasteiger partial charge on any atom is 0.434 e. The van der Waals surface area contributed by atoms with Crippen LogP contribution in [0.1, 0.15) is 51.8 Å². The van der Waals surface area contributed by atoms with Crippen molar-refractivity contribution in [3.63, 3.8) is 0 Å². The fourth-order valence-corrected chi connectivity index (χ4v) is 6.27. The third-order valence-electron chi connectivity index (χ3n) is 5.81. The molecule has 174 valence electrons. The van der Waals surface area contributed by atoms with Gasteiger partial charge < -0.3 is 9.15 Å². The molecule has 0 spiro atoms. The van der Waals surface area contributed by atoms with Crippen LogP contribution in [0, 0.1) is 19.7 Å². The Morgan fingerprint density at radius 3 is 2.55 bits per heavy atom. The van der Waals surface area contributed by atoms with Gasteiger partial charge in [0.25, 0.3) is 15.9 Å². The molecule has 3 aromatic rings. The van der Waals surface area contributed by atoms with Crippen LogP contribution in [0.5, 0.6) is 5.75 Å². The van der Waals surface area contributed by atoms with Gasteiger partial charge in [-0.3, -0.25) is 4.79 Å². The van der Waals surface area contributed by atoms with Crippen LogP contribution in [0.3, 0.4) is 0 Å². The highest BCUT2D eigenvalue weighted by Gasteiger charge is 2.51. The van der Waals surface area contributed by atoms with E-state index in [0.29, 0.717) is 9.87 Å². The molecule has 1 aliphatic heterocycles. The molecule has 0 saturated carbocycles. The first-order valence-electron chi connectivity index (χ1n) is 9.76. The second-order valence-corrected chi connectivity index (χ2v) is 9.87. The van der Waals surface area contributed by atoms with E-state index in [1.54, 1.807) is 19.9 Å². The number of nitrogens with one attached hydrogen (secondary N) is 1. The molecule has 1 N–H and O–H groups in total. The first-order chi connectivity index (χ1) is 15.5. The summed E-state index contributed by atoms with van der Waals surface area (Å²) in [4.78, 5) is 24.7. The molecule has 33 heavy (non-hydrogen) atoms. The van der Waals surface area contributed by atoms with E-state index in [-0.39, 0.29) is 32.7 Å². The molecule has 0 saturated heterocycles. The molecular weight excluding hydrogens is 477 g/mol. The summed E-state index contributed by atoms with van der Waals surface area (Å²) >= 11 is 6.06. The van der Waals surface area contributed by atoms with E-state index in [2.05, 4.69) is 10.2 Å². The van der Waals surface area contributed by atoms with Crippen molar-refractivity contribution < 1.29 is 26.8 Å². The topological polar surface area (TPSA) is 123 Å². The standard InChI is InChI=1S/C21H19ClFN3O6S/c1-9-5-6-14(23)16(10(9)2)11(3)17(19-24-25-21(28)32-19)26-20(27)13-7-12(22)8-15(31-4)18(13)33(26,29)30/h5-8,11,17H,1-4H3,(H,25,28)/t11-,17+/m0/s1. The van der Waals surface area contributed by atoms with Gasteiger partial charge in [-0.25, -0.2) is 27.0 Å². The molecule has 1 amide bonds. The van der Waals surface area contributed by atoms with Crippen LogP contribution in [0.2, 0.25) is 5.02 Å². The average Bonchev–Trinajstić information content (AvgIpc) is 3.25. The largest absolute Gasteiger partial charge is 0.495 e. The number of sulfonamides is 1. The van der Waals surface area contributed by atoms with Gasteiger partial charge in [0.15, 0.2) is 0 Å². The number of benzene rings is 2. The van der Waals surface area contributed by atoms with E-state index in [0.717, 1.165) is 5.56 Å². The Balaban J connectivity index is 1.98. The van der Waals surface area contributed by atoms with Crippen molar-refractivity contribution in [1.82, 2.24) is 14.5 Å². The molecule has 0 fully saturated rings. The zero-order chi connectivity index (χ0) is 24.2. The van der Waals surface area contributed by atoms with Gasteiger partial charge in [0.2, 0.25) is 5.89 Å². The zero-order valence-corrected chi connectivity index (χ0v) is 19.5. The monoisotopic (exact) mass is 495 g/mol. The minimum Gasteiger partial charge on any atom is -0.495 e. The van der Waals surface area contributed by atoms with Crippen molar-refractivity contribution in [1.29, 1.82) is 0 Å². The van der Waals surface area contributed by atoms with Gasteiger partial charge in [0, 0.05) is 17.0 Å². The van der Waals surface area contributed by atoms with E-state index < -0.39 is 39.5 Å². The summed E-state index contributed by atoms with van der Waals surface area (Å²) < 4.78 is 53.0. The lowest BCUT2D eigenvalue weighted by atomic mass is 9.87. The number of aromatic amines is 1. The van der Waals surface area contributed by atoms with Crippen LogP contribution >= 0.6 is 11.6 Å². The Morgan fingerprint density at radius 1 is 1.24 bits per heavy atom. The maximum atomic E-state index is 15.0. The molecule has 0 radical (unpaired) electrons. The van der Waals surface area contributed by atoms with Gasteiger partial charge in [0.1, 0.15) is 22.5 Å². The van der Waals surface area contributed by atoms with Crippen LogP contribution in [0.15, 0.2) is 38.4 Å². The normalized spacial score (nSPS) is 16.5. The lowest BCUT2D eigenvalue weighted by molar-refractivity contribution is 0.0798. The van der Waals surface area contributed by atoms with Crippen molar-refractivity contribution in [2.24, 2.45) is 0 Å². The second-order valence-electron chi connectivity index (χ2n) is 7.68. The van der Waals surface area contributed by atoms with Gasteiger partial charge in [-0.1, -0.05) is 24.6 Å². The van der Waals surface area contributed by atoms with Gasteiger partial charge in [-0.2, -0.15) is 0 Å². The minimum absolute atomic E-state index is 0.0903. The number of fused-ring (bicyclic) bond motifs is 1. The molecule has 0 aliphatic carbocycles. The summed E-state index contributed by atoms with van der Waals surface area (Å²) in [5.74, 6) is -3.98. The van der Waals surface area contributed by atoms with Gasteiger partial charge in [-0.15, -0.1) is 5.10 Å². The molecule has 0 unspecified atom stereocenters. The average molecular weight is 496 g/mol. The molecule has 1 aromatic heterocycles. The number of hydrogen-bond donors (Lipinski definition) is 1. The first-order valence-corrected chi connectivity index (χ1v) is 11.6. The third-order valence-corrected chi connectivity index (χ3v) is 7.87. The number of carbonyl (C=O) groups excluding carboxylic acids is 1. The Morgan fingerprint density at radius 2 is 1.94 bits per heavy atom. The Kier molecular flexibility index (Phi) is 5.57. The molecule has 2 aromatic carbocycles. The van der Waals surface area contributed by atoms with E-state index in [1.165, 1.54) is 32.2 Å². The number of H-pyrrole nitrogens is 1. The Bertz CT molecular complexity index is 1450.